The van der Waals surface area contributed by atoms with E-state index in [4.69, 9.17) is 11.0 Å². The highest BCUT2D eigenvalue weighted by Gasteiger charge is 2.17. The normalized spacial score (nSPS) is 16.4. The molecule has 0 unspecified atom stereocenters. The Bertz CT molecular complexity index is 708. The molecule has 0 fully saturated rings. The van der Waals surface area contributed by atoms with Crippen LogP contribution in [0.1, 0.15) is 12.5 Å². The highest BCUT2D eigenvalue weighted by Crippen LogP contribution is 2.21. The summed E-state index contributed by atoms with van der Waals surface area (Å²) in [6.45, 7) is 1.75. The van der Waals surface area contributed by atoms with Crippen molar-refractivity contribution in [1.29, 1.82) is 5.26 Å². The number of rotatable bonds is 2. The number of hydrogen-bond donors (Lipinski definition) is 3. The zero-order valence-electron chi connectivity index (χ0n) is 10.7. The molecule has 4 N–H and O–H groups in total. The zero-order chi connectivity index (χ0) is 14.7. The lowest BCUT2D eigenvalue weighted by Crippen LogP contribution is -2.26. The third kappa shape index (κ3) is 2.52. The predicted molar refractivity (Wildman–Crippen MR) is 73.4 cm³/mol. The molecule has 1 heterocycles. The van der Waals surface area contributed by atoms with E-state index in [1.807, 2.05) is 0 Å². The Morgan fingerprint density at radius 2 is 2.15 bits per heavy atom. The van der Waals surface area contributed by atoms with Crippen molar-refractivity contribution in [3.8, 4) is 11.8 Å². The van der Waals surface area contributed by atoms with Crippen LogP contribution in [0, 0.1) is 11.3 Å². The Labute approximate surface area is 115 Å². The van der Waals surface area contributed by atoms with Crippen LogP contribution >= 0.6 is 0 Å². The number of phenolic OH excluding ortho intramolecular Hbond substituents is 1. The van der Waals surface area contributed by atoms with E-state index in [2.05, 4.69) is 10.3 Å². The molecule has 1 aromatic rings. The minimum absolute atomic E-state index is 0.0467. The number of carbonyl (C=O) groups excluding carboxylic acids is 1. The number of allylic oxidation sites excluding steroid dienone is 2. The van der Waals surface area contributed by atoms with E-state index < -0.39 is 5.91 Å². The molecule has 20 heavy (non-hydrogen) atoms. The van der Waals surface area contributed by atoms with Crippen LogP contribution in [0.3, 0.4) is 0 Å². The van der Waals surface area contributed by atoms with Crippen LogP contribution in [0.25, 0.3) is 0 Å². The Hall–Kier alpha value is -3.07. The van der Waals surface area contributed by atoms with Gasteiger partial charge in [0, 0.05) is 5.70 Å². The number of amidine groups is 1. The van der Waals surface area contributed by atoms with E-state index in [9.17, 15) is 9.90 Å². The van der Waals surface area contributed by atoms with Crippen LogP contribution in [0.5, 0.6) is 5.75 Å². The van der Waals surface area contributed by atoms with Crippen molar-refractivity contribution in [3.63, 3.8) is 0 Å². The topological polar surface area (TPSA) is 112 Å². The number of hydrogen-bond acceptors (Lipinski definition) is 5. The van der Waals surface area contributed by atoms with Crippen molar-refractivity contribution in [3.05, 3.63) is 52.9 Å². The van der Waals surface area contributed by atoms with E-state index in [-0.39, 0.29) is 17.0 Å². The van der Waals surface area contributed by atoms with E-state index >= 15 is 0 Å². The van der Waals surface area contributed by atoms with Gasteiger partial charge in [0.15, 0.2) is 0 Å². The van der Waals surface area contributed by atoms with Gasteiger partial charge in [-0.15, -0.1) is 0 Å². The van der Waals surface area contributed by atoms with Crippen LogP contribution in [-0.4, -0.2) is 16.8 Å². The largest absolute Gasteiger partial charge is 0.507 e. The summed E-state index contributed by atoms with van der Waals surface area (Å²) in [5.74, 6) is -0.439. The molecule has 100 valence electrons. The smallest absolute Gasteiger partial charge is 0.261 e. The minimum atomic E-state index is -0.839. The first kappa shape index (κ1) is 13.4. The number of amides is 1. The van der Waals surface area contributed by atoms with Gasteiger partial charge in [0.25, 0.3) is 5.91 Å². The second-order valence-corrected chi connectivity index (χ2v) is 4.17. The van der Waals surface area contributed by atoms with Gasteiger partial charge in [-0.2, -0.15) is 5.26 Å². The summed E-state index contributed by atoms with van der Waals surface area (Å²) in [5.41, 5.74) is 6.26. The molecule has 0 spiro atoms. The number of primary amides is 1. The van der Waals surface area contributed by atoms with Gasteiger partial charge in [-0.3, -0.25) is 4.79 Å². The van der Waals surface area contributed by atoms with Gasteiger partial charge in [-0.05, 0) is 25.1 Å². The molecule has 1 amide bonds. The molecule has 6 nitrogen and oxygen atoms in total. The van der Waals surface area contributed by atoms with E-state index in [0.717, 1.165) is 0 Å². The Kier molecular flexibility index (Phi) is 3.53. The molecule has 2 rings (SSSR count). The number of nitriles is 1. The maximum atomic E-state index is 11.2. The highest BCUT2D eigenvalue weighted by molar-refractivity contribution is 6.05. The van der Waals surface area contributed by atoms with Crippen molar-refractivity contribution in [2.75, 3.05) is 0 Å². The fourth-order valence-corrected chi connectivity index (χ4v) is 1.78. The van der Waals surface area contributed by atoms with Crippen molar-refractivity contribution in [1.82, 2.24) is 5.32 Å². The molecule has 0 aliphatic carbocycles. The number of nitrogens with two attached hydrogens (primary N) is 1. The molecule has 0 aromatic heterocycles. The van der Waals surface area contributed by atoms with Crippen molar-refractivity contribution >= 4 is 11.7 Å². The molecule has 1 aliphatic heterocycles. The molecule has 6 heteroatoms. The standard InChI is InChI=1S/C14H12N4O2/c1-8-6-11(10(7-15)13(16)20)18-14(17-8)9-4-2-3-5-12(9)19/h2-6,19H,1H3,(H2,16,20)(H,17,18). The molecule has 0 bridgehead atoms. The average Bonchev–Trinajstić information content (AvgIpc) is 2.39. The van der Waals surface area contributed by atoms with Crippen LogP contribution in [0.15, 0.2) is 52.3 Å². The van der Waals surface area contributed by atoms with Gasteiger partial charge in [0.05, 0.1) is 11.3 Å². The molecule has 0 saturated heterocycles. The fraction of sp³-hybridized carbons (Fsp3) is 0.0714. The van der Waals surface area contributed by atoms with E-state index in [0.29, 0.717) is 17.1 Å². The van der Waals surface area contributed by atoms with Crippen LogP contribution in [-0.2, 0) is 4.79 Å². The number of para-hydroxylation sites is 1. The maximum absolute atomic E-state index is 11.2. The fourth-order valence-electron chi connectivity index (χ4n) is 1.78. The zero-order valence-corrected chi connectivity index (χ0v) is 10.7. The predicted octanol–water partition coefficient (Wildman–Crippen LogP) is 0.909. The second-order valence-electron chi connectivity index (χ2n) is 4.17. The summed E-state index contributed by atoms with van der Waals surface area (Å²) in [6.07, 6.45) is 1.55. The summed E-state index contributed by atoms with van der Waals surface area (Å²) in [7, 11) is 0. The van der Waals surface area contributed by atoms with Gasteiger partial charge >= 0.3 is 0 Å². The minimum Gasteiger partial charge on any atom is -0.507 e. The van der Waals surface area contributed by atoms with Gasteiger partial charge in [0.2, 0.25) is 0 Å². The average molecular weight is 268 g/mol. The number of phenols is 1. The lowest BCUT2D eigenvalue weighted by molar-refractivity contribution is -0.114. The number of aliphatic imine (C=N–C) groups is 1. The molecular formula is C14H12N4O2. The van der Waals surface area contributed by atoms with Gasteiger partial charge < -0.3 is 16.2 Å². The number of nitrogens with one attached hydrogen (secondary N) is 1. The SMILES string of the molecule is CC1=CC(=C(C#N)C(N)=O)N=C(c2ccccc2O)N1. The quantitative estimate of drug-likeness (QED) is 0.546. The first-order chi connectivity index (χ1) is 9.52. The van der Waals surface area contributed by atoms with Gasteiger partial charge in [-0.1, -0.05) is 12.1 Å². The van der Waals surface area contributed by atoms with E-state index in [1.54, 1.807) is 37.3 Å². The van der Waals surface area contributed by atoms with Crippen LogP contribution in [0.4, 0.5) is 0 Å². The summed E-state index contributed by atoms with van der Waals surface area (Å²) < 4.78 is 0. The van der Waals surface area contributed by atoms with Crippen molar-refractivity contribution in [2.45, 2.75) is 6.92 Å². The highest BCUT2D eigenvalue weighted by atomic mass is 16.3. The molecular weight excluding hydrogens is 256 g/mol. The van der Waals surface area contributed by atoms with Gasteiger partial charge in [-0.25, -0.2) is 4.99 Å². The van der Waals surface area contributed by atoms with E-state index in [1.165, 1.54) is 6.07 Å². The van der Waals surface area contributed by atoms with Gasteiger partial charge in [0.1, 0.15) is 23.2 Å². The molecule has 1 aliphatic rings. The Morgan fingerprint density at radius 1 is 1.45 bits per heavy atom. The first-order valence-electron chi connectivity index (χ1n) is 5.79. The van der Waals surface area contributed by atoms with Crippen molar-refractivity contribution in [2.24, 2.45) is 10.7 Å². The third-order valence-electron chi connectivity index (χ3n) is 2.67. The maximum Gasteiger partial charge on any atom is 0.261 e. The van der Waals surface area contributed by atoms with Crippen LogP contribution in [0.2, 0.25) is 0 Å². The molecule has 1 aromatic carbocycles. The van der Waals surface area contributed by atoms with Crippen molar-refractivity contribution < 1.29 is 9.90 Å². The lowest BCUT2D eigenvalue weighted by Gasteiger charge is -2.17. The number of carbonyl (C=O) groups is 1. The summed E-state index contributed by atoms with van der Waals surface area (Å²) in [4.78, 5) is 15.4. The lowest BCUT2D eigenvalue weighted by atomic mass is 10.1. The second kappa shape index (κ2) is 5.28. The monoisotopic (exact) mass is 268 g/mol. The number of benzene rings is 1. The number of nitrogens with zero attached hydrogens (tertiary/aromatic N) is 2. The Morgan fingerprint density at radius 3 is 2.75 bits per heavy atom. The molecule has 0 saturated carbocycles. The Balaban J connectivity index is 2.58. The summed E-state index contributed by atoms with van der Waals surface area (Å²) in [5, 5.41) is 21.8. The summed E-state index contributed by atoms with van der Waals surface area (Å²) >= 11 is 0. The molecule has 0 radical (unpaired) electrons. The summed E-state index contributed by atoms with van der Waals surface area (Å²) in [6, 6.07) is 8.37. The van der Waals surface area contributed by atoms with Crippen LogP contribution < -0.4 is 11.1 Å². The first-order valence-corrected chi connectivity index (χ1v) is 5.79. The molecule has 0 atom stereocenters. The third-order valence-corrected chi connectivity index (χ3v) is 2.67. The number of aromatic hydroxyl groups is 1.